The minimum atomic E-state index is -1.44. The SMILES string of the molecule is O=C([O-])CO.[NH4+].[Ti+2]. The zero-order valence-electron chi connectivity index (χ0n) is 3.97. The molecule has 0 aliphatic carbocycles. The van der Waals surface area contributed by atoms with Crippen LogP contribution in [0, 0.1) is 0 Å². The molecule has 0 saturated carbocycles. The first-order valence-corrected chi connectivity index (χ1v) is 1.08. The zero-order valence-corrected chi connectivity index (χ0v) is 5.53. The molecule has 0 amide bonds. The molecular weight excluding hydrogens is 134 g/mol. The van der Waals surface area contributed by atoms with Gasteiger partial charge in [-0.05, 0) is 0 Å². The molecule has 0 aromatic carbocycles. The third-order valence-corrected chi connectivity index (χ3v) is 0.129. The first kappa shape index (κ1) is 15.7. The molecule has 5 heteroatoms. The van der Waals surface area contributed by atoms with E-state index in [1.54, 1.807) is 0 Å². The fourth-order valence-corrected chi connectivity index (χ4v) is 0. The third-order valence-electron chi connectivity index (χ3n) is 0.129. The van der Waals surface area contributed by atoms with Crippen LogP contribution in [0.4, 0.5) is 0 Å². The maximum atomic E-state index is 9.01. The molecule has 4 nitrogen and oxygen atoms in total. The molecule has 0 spiro atoms. The van der Waals surface area contributed by atoms with E-state index in [1.165, 1.54) is 0 Å². The van der Waals surface area contributed by atoms with Crippen LogP contribution in [0.2, 0.25) is 0 Å². The van der Waals surface area contributed by atoms with Gasteiger partial charge in [-0.1, -0.05) is 0 Å². The van der Waals surface area contributed by atoms with Gasteiger partial charge >= 0.3 is 21.7 Å². The summed E-state index contributed by atoms with van der Waals surface area (Å²) in [7, 11) is 0. The van der Waals surface area contributed by atoms with Crippen molar-refractivity contribution in [1.82, 2.24) is 6.15 Å². The number of carbonyl (C=O) groups excluding carboxylic acids is 1. The van der Waals surface area contributed by atoms with Gasteiger partial charge in [0.05, 0.1) is 12.6 Å². The van der Waals surface area contributed by atoms with Crippen molar-refractivity contribution < 1.29 is 36.7 Å². The van der Waals surface area contributed by atoms with Gasteiger partial charge < -0.3 is 21.2 Å². The minimum absolute atomic E-state index is 0. The minimum Gasteiger partial charge on any atom is -0.548 e. The van der Waals surface area contributed by atoms with E-state index in [0.29, 0.717) is 0 Å². The molecule has 40 valence electrons. The molecule has 0 fully saturated rings. The van der Waals surface area contributed by atoms with Crippen LogP contribution < -0.4 is 11.3 Å². The van der Waals surface area contributed by atoms with Crippen molar-refractivity contribution in [2.24, 2.45) is 0 Å². The smallest absolute Gasteiger partial charge is 0.548 e. The Hall–Kier alpha value is 0.104. The summed E-state index contributed by atoms with van der Waals surface area (Å²) in [6, 6.07) is 0. The molecule has 5 N–H and O–H groups in total. The standard InChI is InChI=1S/C2H4O3.H3N.Ti/c3-1-2(4)5;;/h3H,1H2,(H,4,5);1H3;/q;;+2. The van der Waals surface area contributed by atoms with Gasteiger partial charge in [0, 0.05) is 0 Å². The van der Waals surface area contributed by atoms with E-state index >= 15 is 0 Å². The quantitative estimate of drug-likeness (QED) is 0.417. The molecule has 0 rings (SSSR count). The molecule has 0 radical (unpaired) electrons. The third kappa shape index (κ3) is 23.2. The van der Waals surface area contributed by atoms with Crippen molar-refractivity contribution in [2.45, 2.75) is 0 Å². The number of hydrogen-bond donors (Lipinski definition) is 2. The molecule has 7 heavy (non-hydrogen) atoms. The van der Waals surface area contributed by atoms with E-state index in [2.05, 4.69) is 0 Å². The van der Waals surface area contributed by atoms with Gasteiger partial charge in [0.25, 0.3) is 0 Å². The molecule has 0 aromatic heterocycles. The first-order valence-electron chi connectivity index (χ1n) is 1.08. The van der Waals surface area contributed by atoms with Crippen molar-refractivity contribution in [3.63, 3.8) is 0 Å². The molecule has 0 atom stereocenters. The largest absolute Gasteiger partial charge is 2.00 e. The normalized spacial score (nSPS) is 5.29. The van der Waals surface area contributed by atoms with Gasteiger partial charge in [-0.3, -0.25) is 0 Å². The number of carbonyl (C=O) groups is 1. The second-order valence-corrected chi connectivity index (χ2v) is 0.530. The average molecular weight is 141 g/mol. The molecule has 0 heterocycles. The Morgan fingerprint density at radius 3 is 1.86 bits per heavy atom. The summed E-state index contributed by atoms with van der Waals surface area (Å²) in [5.41, 5.74) is 0. The van der Waals surface area contributed by atoms with Gasteiger partial charge in [0.1, 0.15) is 0 Å². The van der Waals surface area contributed by atoms with E-state index in [-0.39, 0.29) is 27.9 Å². The van der Waals surface area contributed by atoms with E-state index in [4.69, 9.17) is 15.0 Å². The Labute approximate surface area is 56.0 Å². The number of carboxylic acids is 1. The fourth-order valence-electron chi connectivity index (χ4n) is 0. The molecule has 0 unspecified atom stereocenters. The van der Waals surface area contributed by atoms with E-state index in [9.17, 15) is 0 Å². The van der Waals surface area contributed by atoms with Gasteiger partial charge in [-0.25, -0.2) is 0 Å². The Balaban J connectivity index is -0.0000000800. The molecular formula is C2H7NO3Ti+2. The topological polar surface area (TPSA) is 96.9 Å². The maximum Gasteiger partial charge on any atom is 2.00 e. The number of carboxylic acid groups (broad SMARTS) is 1. The van der Waals surface area contributed by atoms with Crippen molar-refractivity contribution >= 4 is 5.97 Å². The second kappa shape index (κ2) is 9.44. The summed E-state index contributed by atoms with van der Waals surface area (Å²) >= 11 is 0. The monoisotopic (exact) mass is 141 g/mol. The summed E-state index contributed by atoms with van der Waals surface area (Å²) in [6.45, 7) is -0.889. The number of quaternary nitrogens is 1. The Morgan fingerprint density at radius 1 is 1.71 bits per heavy atom. The van der Waals surface area contributed by atoms with Gasteiger partial charge in [0.15, 0.2) is 0 Å². The van der Waals surface area contributed by atoms with Crippen LogP contribution in [0.15, 0.2) is 0 Å². The summed E-state index contributed by atoms with van der Waals surface area (Å²) in [4.78, 5) is 9.01. The van der Waals surface area contributed by atoms with Crippen LogP contribution in [0.3, 0.4) is 0 Å². The van der Waals surface area contributed by atoms with Crippen LogP contribution >= 0.6 is 0 Å². The van der Waals surface area contributed by atoms with Crippen molar-refractivity contribution in [3.05, 3.63) is 0 Å². The van der Waals surface area contributed by atoms with Crippen molar-refractivity contribution in [3.8, 4) is 0 Å². The van der Waals surface area contributed by atoms with E-state index in [0.717, 1.165) is 0 Å². The number of hydrogen-bond acceptors (Lipinski definition) is 3. The van der Waals surface area contributed by atoms with E-state index < -0.39 is 12.6 Å². The summed E-state index contributed by atoms with van der Waals surface area (Å²) in [5.74, 6) is -1.44. The molecule has 0 aliphatic rings. The molecule has 0 aliphatic heterocycles. The maximum absolute atomic E-state index is 9.01. The summed E-state index contributed by atoms with van der Waals surface area (Å²) < 4.78 is 0. The number of rotatable bonds is 1. The molecule has 0 aromatic rings. The first-order chi connectivity index (χ1) is 2.27. The molecule has 0 saturated heterocycles. The van der Waals surface area contributed by atoms with Crippen molar-refractivity contribution in [1.29, 1.82) is 0 Å². The second-order valence-electron chi connectivity index (χ2n) is 0.530. The van der Waals surface area contributed by atoms with Crippen molar-refractivity contribution in [2.75, 3.05) is 6.61 Å². The van der Waals surface area contributed by atoms with Gasteiger partial charge in [-0.2, -0.15) is 0 Å². The van der Waals surface area contributed by atoms with E-state index in [1.807, 2.05) is 0 Å². The Morgan fingerprint density at radius 2 is 1.86 bits per heavy atom. The zero-order chi connectivity index (χ0) is 4.28. The Kier molecular flexibility index (Phi) is 21.2. The Bertz CT molecular complexity index is 48.2. The predicted molar refractivity (Wildman–Crippen MR) is 18.1 cm³/mol. The van der Waals surface area contributed by atoms with Crippen LogP contribution in [-0.2, 0) is 26.5 Å². The van der Waals surface area contributed by atoms with Gasteiger partial charge in [0.2, 0.25) is 0 Å². The average Bonchev–Trinajstić information content (AvgIpc) is 1.38. The number of aliphatic carboxylic acids is 1. The molecule has 0 bridgehead atoms. The number of aliphatic hydroxyl groups excluding tert-OH is 1. The van der Waals surface area contributed by atoms with Crippen LogP contribution in [0.1, 0.15) is 0 Å². The summed E-state index contributed by atoms with van der Waals surface area (Å²) in [6.07, 6.45) is 0. The number of aliphatic hydroxyl groups is 1. The summed E-state index contributed by atoms with van der Waals surface area (Å²) in [5, 5.41) is 16.5. The van der Waals surface area contributed by atoms with Crippen LogP contribution in [0.5, 0.6) is 0 Å². The van der Waals surface area contributed by atoms with Gasteiger partial charge in [-0.15, -0.1) is 0 Å². The van der Waals surface area contributed by atoms with Crippen LogP contribution in [0.25, 0.3) is 0 Å². The van der Waals surface area contributed by atoms with Crippen LogP contribution in [-0.4, -0.2) is 17.7 Å². The fraction of sp³-hybridized carbons (Fsp3) is 0.500. The predicted octanol–water partition coefficient (Wildman–Crippen LogP) is -1.90.